The van der Waals surface area contributed by atoms with Crippen LogP contribution in [0.3, 0.4) is 0 Å². The van der Waals surface area contributed by atoms with E-state index in [-0.39, 0.29) is 17.4 Å². The molecule has 5 rings (SSSR count). The first-order valence-corrected chi connectivity index (χ1v) is 11.9. The molecule has 1 N–H and O–H groups in total. The molecule has 1 atom stereocenters. The molecular formula is C28H29N5O2. The number of nitrogens with zero attached hydrogens (tertiary/aromatic N) is 5. The minimum Gasteiger partial charge on any atom is -0.507 e. The van der Waals surface area contributed by atoms with Gasteiger partial charge in [-0.1, -0.05) is 42.5 Å². The van der Waals surface area contributed by atoms with Gasteiger partial charge in [0.2, 0.25) is 0 Å². The summed E-state index contributed by atoms with van der Waals surface area (Å²) in [5.41, 5.74) is 2.71. The van der Waals surface area contributed by atoms with E-state index in [0.717, 1.165) is 43.3 Å². The summed E-state index contributed by atoms with van der Waals surface area (Å²) in [6.07, 6.45) is 3.54. The second-order valence-corrected chi connectivity index (χ2v) is 8.82. The normalized spacial score (nSPS) is 15.2. The van der Waals surface area contributed by atoms with Gasteiger partial charge < -0.3 is 14.6 Å². The van der Waals surface area contributed by atoms with Crippen molar-refractivity contribution >= 4 is 5.82 Å². The zero-order valence-electron chi connectivity index (χ0n) is 19.8. The lowest BCUT2D eigenvalue weighted by atomic mass is 9.96. The molecule has 1 aliphatic heterocycles. The molecule has 3 aromatic heterocycles. The smallest absolute Gasteiger partial charge is 0.260 e. The Morgan fingerprint density at radius 2 is 1.57 bits per heavy atom. The highest BCUT2D eigenvalue weighted by molar-refractivity contribution is 5.42. The Morgan fingerprint density at radius 3 is 2.23 bits per heavy atom. The molecule has 4 heterocycles. The third kappa shape index (κ3) is 4.81. The van der Waals surface area contributed by atoms with Crippen molar-refractivity contribution in [3.8, 4) is 5.75 Å². The van der Waals surface area contributed by atoms with E-state index in [9.17, 15) is 9.90 Å². The summed E-state index contributed by atoms with van der Waals surface area (Å²) in [5, 5.41) is 11.1. The molecule has 1 fully saturated rings. The minimum atomic E-state index is -0.356. The summed E-state index contributed by atoms with van der Waals surface area (Å²) >= 11 is 0. The van der Waals surface area contributed by atoms with Gasteiger partial charge in [-0.05, 0) is 42.8 Å². The molecule has 0 saturated carbocycles. The second kappa shape index (κ2) is 10.1. The summed E-state index contributed by atoms with van der Waals surface area (Å²) in [5.74, 6) is 0.991. The molecule has 7 nitrogen and oxygen atoms in total. The lowest BCUT2D eigenvalue weighted by Crippen LogP contribution is -2.49. The topological polar surface area (TPSA) is 74.5 Å². The van der Waals surface area contributed by atoms with Crippen LogP contribution in [0.15, 0.2) is 90.0 Å². The Hall–Kier alpha value is -3.97. The van der Waals surface area contributed by atoms with Crippen molar-refractivity contribution in [3.05, 3.63) is 118 Å². The minimum absolute atomic E-state index is 0.0331. The van der Waals surface area contributed by atoms with Gasteiger partial charge in [0.25, 0.3) is 5.56 Å². The number of aromatic nitrogens is 3. The van der Waals surface area contributed by atoms with Gasteiger partial charge in [-0.15, -0.1) is 0 Å². The number of aryl methyl sites for hydroxylation is 1. The van der Waals surface area contributed by atoms with Crippen LogP contribution in [0.5, 0.6) is 5.75 Å². The lowest BCUT2D eigenvalue weighted by molar-refractivity contribution is 0.207. The highest BCUT2D eigenvalue weighted by Crippen LogP contribution is 2.33. The average molecular weight is 468 g/mol. The zero-order valence-corrected chi connectivity index (χ0v) is 19.8. The quantitative estimate of drug-likeness (QED) is 0.467. The van der Waals surface area contributed by atoms with Crippen LogP contribution in [-0.4, -0.2) is 50.7 Å². The third-order valence-corrected chi connectivity index (χ3v) is 6.61. The summed E-state index contributed by atoms with van der Waals surface area (Å²) in [4.78, 5) is 27.3. The molecule has 178 valence electrons. The van der Waals surface area contributed by atoms with Crippen LogP contribution in [0, 0.1) is 6.92 Å². The Labute approximate surface area is 204 Å². The van der Waals surface area contributed by atoms with Gasteiger partial charge in [0, 0.05) is 44.3 Å². The SMILES string of the molecule is Cc1cc(O)c([C@@H](c2ccccc2)N2CCN(c3ccccn3)CC2)c(=O)n1Cc1ccccn1. The Kier molecular flexibility index (Phi) is 6.59. The molecule has 35 heavy (non-hydrogen) atoms. The van der Waals surface area contributed by atoms with E-state index in [1.165, 1.54) is 0 Å². The number of hydrogen-bond acceptors (Lipinski definition) is 6. The van der Waals surface area contributed by atoms with E-state index in [1.54, 1.807) is 16.8 Å². The van der Waals surface area contributed by atoms with E-state index in [1.807, 2.05) is 79.9 Å². The molecule has 1 aromatic carbocycles. The van der Waals surface area contributed by atoms with Crippen LogP contribution < -0.4 is 10.5 Å². The number of benzene rings is 1. The van der Waals surface area contributed by atoms with E-state index < -0.39 is 0 Å². The number of hydrogen-bond donors (Lipinski definition) is 1. The molecule has 0 unspecified atom stereocenters. The number of aromatic hydroxyl groups is 1. The van der Waals surface area contributed by atoms with Crippen LogP contribution in [0.25, 0.3) is 0 Å². The molecular weight excluding hydrogens is 438 g/mol. The lowest BCUT2D eigenvalue weighted by Gasteiger charge is -2.40. The Bertz CT molecular complexity index is 1320. The largest absolute Gasteiger partial charge is 0.507 e. The maximum Gasteiger partial charge on any atom is 0.260 e. The first kappa shape index (κ1) is 22.8. The van der Waals surface area contributed by atoms with Crippen LogP contribution in [0.2, 0.25) is 0 Å². The number of pyridine rings is 3. The van der Waals surface area contributed by atoms with Gasteiger partial charge in [0.1, 0.15) is 11.6 Å². The molecule has 4 aromatic rings. The van der Waals surface area contributed by atoms with Crippen molar-refractivity contribution < 1.29 is 5.11 Å². The van der Waals surface area contributed by atoms with Gasteiger partial charge in [-0.3, -0.25) is 14.7 Å². The molecule has 0 aliphatic carbocycles. The van der Waals surface area contributed by atoms with Crippen LogP contribution >= 0.6 is 0 Å². The molecule has 0 bridgehead atoms. The fraction of sp³-hybridized carbons (Fsp3) is 0.250. The molecule has 0 spiro atoms. The van der Waals surface area contributed by atoms with Crippen LogP contribution in [0.1, 0.15) is 28.6 Å². The number of piperazine rings is 1. The van der Waals surface area contributed by atoms with Crippen LogP contribution in [-0.2, 0) is 6.54 Å². The molecule has 1 saturated heterocycles. The van der Waals surface area contributed by atoms with E-state index in [4.69, 9.17) is 0 Å². The standard InChI is InChI=1S/C28H29N5O2/c1-21-19-24(34)26(28(35)33(21)20-23-11-5-7-13-29-23)27(22-9-3-2-4-10-22)32-17-15-31(16-18-32)25-12-6-8-14-30-25/h2-14,19,27,34H,15-18,20H2,1H3/t27-/m1/s1. The maximum absolute atomic E-state index is 13.9. The first-order chi connectivity index (χ1) is 17.1. The Morgan fingerprint density at radius 1 is 0.886 bits per heavy atom. The first-order valence-electron chi connectivity index (χ1n) is 11.9. The maximum atomic E-state index is 13.9. The molecule has 7 heteroatoms. The highest BCUT2D eigenvalue weighted by Gasteiger charge is 2.31. The van der Waals surface area contributed by atoms with Crippen molar-refractivity contribution in [2.24, 2.45) is 0 Å². The average Bonchev–Trinajstić information content (AvgIpc) is 2.91. The molecule has 0 amide bonds. The molecule has 1 aliphatic rings. The fourth-order valence-corrected chi connectivity index (χ4v) is 4.82. The predicted octanol–water partition coefficient (Wildman–Crippen LogP) is 3.61. The van der Waals surface area contributed by atoms with Gasteiger partial charge >= 0.3 is 0 Å². The molecule has 0 radical (unpaired) electrons. The van der Waals surface area contributed by atoms with Gasteiger partial charge in [0.15, 0.2) is 0 Å². The predicted molar refractivity (Wildman–Crippen MR) is 137 cm³/mol. The zero-order chi connectivity index (χ0) is 24.2. The number of anilines is 1. The Balaban J connectivity index is 1.52. The fourth-order valence-electron chi connectivity index (χ4n) is 4.82. The van der Waals surface area contributed by atoms with Gasteiger partial charge in [0.05, 0.1) is 23.8 Å². The third-order valence-electron chi connectivity index (χ3n) is 6.61. The van der Waals surface area contributed by atoms with Crippen molar-refractivity contribution in [1.29, 1.82) is 0 Å². The van der Waals surface area contributed by atoms with Crippen LogP contribution in [0.4, 0.5) is 5.82 Å². The summed E-state index contributed by atoms with van der Waals surface area (Å²) < 4.78 is 1.71. The van der Waals surface area contributed by atoms with E-state index >= 15 is 0 Å². The second-order valence-electron chi connectivity index (χ2n) is 8.82. The van der Waals surface area contributed by atoms with Crippen molar-refractivity contribution in [1.82, 2.24) is 19.4 Å². The summed E-state index contributed by atoms with van der Waals surface area (Å²) in [6.45, 7) is 5.25. The van der Waals surface area contributed by atoms with E-state index in [0.29, 0.717) is 17.8 Å². The van der Waals surface area contributed by atoms with Gasteiger partial charge in [-0.25, -0.2) is 4.98 Å². The van der Waals surface area contributed by atoms with E-state index in [2.05, 4.69) is 19.8 Å². The number of rotatable bonds is 6. The monoisotopic (exact) mass is 467 g/mol. The van der Waals surface area contributed by atoms with Gasteiger partial charge in [-0.2, -0.15) is 0 Å². The summed E-state index contributed by atoms with van der Waals surface area (Å²) in [7, 11) is 0. The van der Waals surface area contributed by atoms with Crippen molar-refractivity contribution in [2.75, 3.05) is 31.1 Å². The highest BCUT2D eigenvalue weighted by atomic mass is 16.3. The van der Waals surface area contributed by atoms with Crippen molar-refractivity contribution in [3.63, 3.8) is 0 Å². The summed E-state index contributed by atoms with van der Waals surface area (Å²) in [6, 6.07) is 22.9. The van der Waals surface area contributed by atoms with Crippen molar-refractivity contribution in [2.45, 2.75) is 19.5 Å².